The fraction of sp³-hybridized carbons (Fsp3) is 0. The van der Waals surface area contributed by atoms with E-state index in [0.29, 0.717) is 22.4 Å². The van der Waals surface area contributed by atoms with Crippen molar-refractivity contribution < 1.29 is 8.81 Å². The van der Waals surface area contributed by atoms with Gasteiger partial charge in [-0.2, -0.15) is 5.26 Å². The molecule has 0 saturated heterocycles. The van der Waals surface area contributed by atoms with Crippen molar-refractivity contribution in [3.63, 3.8) is 0 Å². The van der Waals surface area contributed by atoms with Crippen molar-refractivity contribution in [1.82, 2.24) is 4.98 Å². The van der Waals surface area contributed by atoms with Crippen LogP contribution in [0.1, 0.15) is 5.56 Å². The monoisotopic (exact) mass is 440 g/mol. The quantitative estimate of drug-likeness (QED) is 0.280. The van der Waals surface area contributed by atoms with Gasteiger partial charge in [-0.25, -0.2) is 4.39 Å². The predicted molar refractivity (Wildman–Crippen MR) is 132 cm³/mol. The summed E-state index contributed by atoms with van der Waals surface area (Å²) in [7, 11) is 0. The van der Waals surface area contributed by atoms with E-state index < -0.39 is 0 Å². The normalized spacial score (nSPS) is 11.1. The summed E-state index contributed by atoms with van der Waals surface area (Å²) < 4.78 is 19.9. The summed E-state index contributed by atoms with van der Waals surface area (Å²) in [6.07, 6.45) is 1.20. The number of rotatable bonds is 3. The number of hydrogen-bond acceptors (Lipinski definition) is 3. The van der Waals surface area contributed by atoms with Crippen molar-refractivity contribution in [2.45, 2.75) is 0 Å². The van der Waals surface area contributed by atoms with Crippen molar-refractivity contribution in [2.24, 2.45) is 0 Å². The molecule has 4 aromatic carbocycles. The lowest BCUT2D eigenvalue weighted by Crippen LogP contribution is -1.86. The Morgan fingerprint density at radius 1 is 0.676 bits per heavy atom. The summed E-state index contributed by atoms with van der Waals surface area (Å²) in [6, 6.07) is 33.2. The van der Waals surface area contributed by atoms with Crippen LogP contribution in [0.25, 0.3) is 55.4 Å². The zero-order valence-corrected chi connectivity index (χ0v) is 18.0. The number of para-hydroxylation sites is 1. The van der Waals surface area contributed by atoms with Crippen LogP contribution in [0.3, 0.4) is 0 Å². The Morgan fingerprint density at radius 3 is 2.15 bits per heavy atom. The van der Waals surface area contributed by atoms with E-state index in [9.17, 15) is 9.65 Å². The van der Waals surface area contributed by atoms with E-state index in [1.807, 2.05) is 60.7 Å². The van der Waals surface area contributed by atoms with E-state index in [-0.39, 0.29) is 5.82 Å². The van der Waals surface area contributed by atoms with E-state index in [1.165, 1.54) is 12.3 Å². The topological polar surface area (TPSA) is 49.8 Å². The Bertz CT molecular complexity index is 1690. The number of nitriles is 1. The van der Waals surface area contributed by atoms with Gasteiger partial charge >= 0.3 is 0 Å². The van der Waals surface area contributed by atoms with Gasteiger partial charge in [0.05, 0.1) is 23.5 Å². The summed E-state index contributed by atoms with van der Waals surface area (Å²) in [5.41, 5.74) is 7.15. The second-order valence-corrected chi connectivity index (χ2v) is 8.07. The molecule has 6 rings (SSSR count). The predicted octanol–water partition coefficient (Wildman–Crippen LogP) is 7.99. The molecule has 6 aromatic rings. The molecule has 0 aliphatic heterocycles. The van der Waals surface area contributed by atoms with Crippen LogP contribution in [0, 0.1) is 17.1 Å². The average molecular weight is 440 g/mol. The number of benzene rings is 4. The molecule has 0 radical (unpaired) electrons. The van der Waals surface area contributed by atoms with Crippen LogP contribution in [0.4, 0.5) is 4.39 Å². The lowest BCUT2D eigenvalue weighted by atomic mass is 9.95. The van der Waals surface area contributed by atoms with Gasteiger partial charge in [0.2, 0.25) is 0 Å². The van der Waals surface area contributed by atoms with Crippen LogP contribution in [0.2, 0.25) is 0 Å². The van der Waals surface area contributed by atoms with Crippen molar-refractivity contribution in [3.8, 4) is 39.6 Å². The fourth-order valence-electron chi connectivity index (χ4n) is 4.44. The molecule has 0 saturated carbocycles. The first-order valence-corrected chi connectivity index (χ1v) is 10.9. The maximum atomic E-state index is 13.4. The number of aromatic nitrogens is 1. The van der Waals surface area contributed by atoms with E-state index in [4.69, 9.17) is 4.42 Å². The molecule has 34 heavy (non-hydrogen) atoms. The summed E-state index contributed by atoms with van der Waals surface area (Å²) >= 11 is 0. The molecular formula is C30H17FN2O. The number of fused-ring (bicyclic) bond motifs is 3. The zero-order chi connectivity index (χ0) is 23.1. The second-order valence-electron chi connectivity index (χ2n) is 8.07. The Hall–Kier alpha value is -4.75. The number of nitrogens with zero attached hydrogens (tertiary/aromatic N) is 2. The van der Waals surface area contributed by atoms with Gasteiger partial charge in [0.1, 0.15) is 17.0 Å². The van der Waals surface area contributed by atoms with Gasteiger partial charge in [0, 0.05) is 21.9 Å². The van der Waals surface area contributed by atoms with Gasteiger partial charge < -0.3 is 4.42 Å². The first-order valence-electron chi connectivity index (χ1n) is 10.9. The lowest BCUT2D eigenvalue weighted by molar-refractivity contribution is 0.621. The highest BCUT2D eigenvalue weighted by molar-refractivity contribution is 6.13. The molecule has 2 heterocycles. The summed E-state index contributed by atoms with van der Waals surface area (Å²) in [6.45, 7) is 0. The second kappa shape index (κ2) is 7.99. The minimum atomic E-state index is -0.388. The van der Waals surface area contributed by atoms with E-state index >= 15 is 0 Å². The molecular weight excluding hydrogens is 423 g/mol. The summed E-state index contributed by atoms with van der Waals surface area (Å²) in [4.78, 5) is 4.23. The van der Waals surface area contributed by atoms with Crippen LogP contribution in [0.15, 0.2) is 108 Å². The minimum absolute atomic E-state index is 0.388. The number of hydrogen-bond donors (Lipinski definition) is 0. The molecule has 0 bridgehead atoms. The summed E-state index contributed by atoms with van der Waals surface area (Å²) in [5.74, 6) is -0.388. The van der Waals surface area contributed by atoms with Gasteiger partial charge in [0.25, 0.3) is 0 Å². The molecule has 0 spiro atoms. The van der Waals surface area contributed by atoms with E-state index in [1.54, 1.807) is 6.07 Å². The number of furan rings is 1. The smallest absolute Gasteiger partial charge is 0.144 e. The van der Waals surface area contributed by atoms with Crippen molar-refractivity contribution in [2.75, 3.05) is 0 Å². The Labute approximate surface area is 195 Å². The van der Waals surface area contributed by atoms with Crippen LogP contribution < -0.4 is 0 Å². The third kappa shape index (κ3) is 3.23. The highest BCUT2D eigenvalue weighted by Crippen LogP contribution is 2.41. The highest BCUT2D eigenvalue weighted by atomic mass is 19.1. The maximum Gasteiger partial charge on any atom is 0.144 e. The lowest BCUT2D eigenvalue weighted by Gasteiger charge is -2.07. The molecule has 0 aliphatic rings. The van der Waals surface area contributed by atoms with Crippen molar-refractivity contribution in [3.05, 3.63) is 115 Å². The van der Waals surface area contributed by atoms with Crippen LogP contribution in [-0.4, -0.2) is 4.98 Å². The molecule has 160 valence electrons. The Balaban J connectivity index is 1.57. The Morgan fingerprint density at radius 2 is 1.41 bits per heavy atom. The summed E-state index contributed by atoms with van der Waals surface area (Å²) in [5, 5.41) is 11.7. The SMILES string of the molecule is N#Cc1ccc2c(oc3c(-c4ccc(F)cn4)cccc32)c1-c1ccc(-c2ccccc2)cc1. The molecule has 0 aliphatic carbocycles. The van der Waals surface area contributed by atoms with Gasteiger partial charge in [-0.3, -0.25) is 4.98 Å². The first kappa shape index (κ1) is 19.9. The van der Waals surface area contributed by atoms with E-state index in [2.05, 4.69) is 35.3 Å². The fourth-order valence-corrected chi connectivity index (χ4v) is 4.44. The Kier molecular flexibility index (Phi) is 4.67. The third-order valence-electron chi connectivity index (χ3n) is 6.07. The van der Waals surface area contributed by atoms with Crippen molar-refractivity contribution in [1.29, 1.82) is 5.26 Å². The molecule has 4 heteroatoms. The van der Waals surface area contributed by atoms with Crippen LogP contribution in [-0.2, 0) is 0 Å². The van der Waals surface area contributed by atoms with Crippen LogP contribution >= 0.6 is 0 Å². The molecule has 0 amide bonds. The molecule has 0 N–H and O–H groups in total. The number of pyridine rings is 1. The molecule has 3 nitrogen and oxygen atoms in total. The van der Waals surface area contributed by atoms with Crippen molar-refractivity contribution >= 4 is 21.9 Å². The number of halogens is 1. The largest absolute Gasteiger partial charge is 0.455 e. The third-order valence-corrected chi connectivity index (χ3v) is 6.07. The molecule has 0 unspecified atom stereocenters. The minimum Gasteiger partial charge on any atom is -0.455 e. The zero-order valence-electron chi connectivity index (χ0n) is 18.0. The first-order chi connectivity index (χ1) is 16.7. The van der Waals surface area contributed by atoms with Crippen LogP contribution in [0.5, 0.6) is 0 Å². The maximum absolute atomic E-state index is 13.4. The standard InChI is InChI=1S/C30H17FN2O/c31-23-14-16-27(33-18-23)26-8-4-7-24-25-15-13-22(17-32)28(30(25)34-29(24)26)21-11-9-20(10-12-21)19-5-2-1-3-6-19/h1-16,18H. The van der Waals surface area contributed by atoms with Gasteiger partial charge in [-0.1, -0.05) is 66.7 Å². The van der Waals surface area contributed by atoms with Gasteiger partial charge in [0.15, 0.2) is 0 Å². The molecule has 2 aromatic heterocycles. The molecule has 0 atom stereocenters. The average Bonchev–Trinajstić information content (AvgIpc) is 3.28. The highest BCUT2D eigenvalue weighted by Gasteiger charge is 2.19. The van der Waals surface area contributed by atoms with Gasteiger partial charge in [-0.15, -0.1) is 0 Å². The van der Waals surface area contributed by atoms with E-state index in [0.717, 1.165) is 38.6 Å². The molecule has 0 fully saturated rings. The van der Waals surface area contributed by atoms with Gasteiger partial charge in [-0.05, 0) is 47.0 Å².